The van der Waals surface area contributed by atoms with Crippen molar-refractivity contribution in [2.45, 2.75) is 89.3 Å². The summed E-state index contributed by atoms with van der Waals surface area (Å²) in [5, 5.41) is 0. The van der Waals surface area contributed by atoms with Crippen LogP contribution >= 0.6 is 26.0 Å². The fourth-order valence-corrected chi connectivity index (χ4v) is 9.91. The molecule has 3 aromatic rings. The van der Waals surface area contributed by atoms with Gasteiger partial charge in [-0.2, -0.15) is 0 Å². The van der Waals surface area contributed by atoms with Gasteiger partial charge in [-0.05, 0) is 27.7 Å². The maximum Gasteiger partial charge on any atom is 0.510 e. The average Bonchev–Trinajstić information content (AvgIpc) is 3.84. The Bertz CT molecular complexity index is 2150. The first kappa shape index (κ1) is 43.6. The van der Waals surface area contributed by atoms with Crippen molar-refractivity contribution in [1.29, 1.82) is 0 Å². The van der Waals surface area contributed by atoms with Crippen LogP contribution in [0, 0.1) is 0 Å². The first-order valence-electron chi connectivity index (χ1n) is 17.5. The Morgan fingerprint density at radius 3 is 2.41 bits per heavy atom. The van der Waals surface area contributed by atoms with Crippen molar-refractivity contribution in [3.05, 3.63) is 45.8 Å². The van der Waals surface area contributed by atoms with E-state index in [2.05, 4.69) is 19.9 Å². The molecule has 9 atom stereocenters. The van der Waals surface area contributed by atoms with Gasteiger partial charge >= 0.3 is 32.6 Å². The first-order chi connectivity index (χ1) is 27.6. The van der Waals surface area contributed by atoms with Gasteiger partial charge in [-0.1, -0.05) is 0 Å². The van der Waals surface area contributed by atoms with E-state index in [0.717, 1.165) is 16.8 Å². The molecule has 6 rings (SSSR count). The highest BCUT2D eigenvalue weighted by Crippen LogP contribution is 2.64. The average molecular weight is 882 g/mol. The molecule has 25 nitrogen and oxygen atoms in total. The number of carbonyl (C=O) groups is 2. The number of fused-ring (bicyclic) bond motifs is 4. The van der Waals surface area contributed by atoms with E-state index in [0.29, 0.717) is 11.4 Å². The minimum absolute atomic E-state index is 0.0570. The molecule has 3 aliphatic heterocycles. The van der Waals surface area contributed by atoms with Gasteiger partial charge in [0.2, 0.25) is 6.79 Å². The molecule has 2 unspecified atom stereocenters. The summed E-state index contributed by atoms with van der Waals surface area (Å²) in [4.78, 5) is 63.7. The molecule has 3 saturated heterocycles. The summed E-state index contributed by atoms with van der Waals surface area (Å²) >= 11 is 0.468. The van der Waals surface area contributed by atoms with E-state index in [-0.39, 0.29) is 23.4 Å². The van der Waals surface area contributed by atoms with Gasteiger partial charge in [0.25, 0.3) is 5.56 Å². The number of nitrogens with zero attached hydrogens (tertiary/aromatic N) is 5. The van der Waals surface area contributed by atoms with Crippen molar-refractivity contribution in [1.82, 2.24) is 29.1 Å². The molecule has 28 heteroatoms. The zero-order valence-electron chi connectivity index (χ0n) is 31.5. The molecule has 0 aromatic carbocycles. The molecule has 3 fully saturated rings. The van der Waals surface area contributed by atoms with E-state index >= 15 is 0 Å². The summed E-state index contributed by atoms with van der Waals surface area (Å²) in [6.45, 7) is -0.291. The zero-order chi connectivity index (χ0) is 41.8. The Kier molecular flexibility index (Phi) is 14.0. The fraction of sp³-hybridized carbons (Fsp3) is 0.633. The van der Waals surface area contributed by atoms with Crippen molar-refractivity contribution in [2.24, 2.45) is 0 Å². The number of anilines is 1. The largest absolute Gasteiger partial charge is 0.510 e. The summed E-state index contributed by atoms with van der Waals surface area (Å²) in [5.41, 5.74) is 4.82. The standard InChI is InChI=1S/C30H41N7O18P2S/c1-15(2)50-29(40)45-13-49-56(42)47-10-19-22(23(44-5)27(53-19)36-7-6-20(38)35-28(36)39)55-57(43,58-14-46-30(41)51-16(3)4)48-9-17-8-18(54-56)26(52-17)37-12-34-21-24(31)32-11-33-25(21)37/h6-7,11-12,15-19,22-23,26-27H,8-10,13-14H2,1-5H3,(H2,31,32,33)(H,35,38,39)/t17-,18+,19+,22+,23+,26+,27+,56?,57?/m0/s1. The summed E-state index contributed by atoms with van der Waals surface area (Å²) in [6.07, 6.45) is -8.65. The lowest BCUT2D eigenvalue weighted by Crippen LogP contribution is -2.40. The number of rotatable bonds is 11. The van der Waals surface area contributed by atoms with Gasteiger partial charge in [0.1, 0.15) is 36.3 Å². The van der Waals surface area contributed by atoms with Crippen LogP contribution in [0.3, 0.4) is 0 Å². The SMILES string of the molecule is CO[C@@H]1[C@@H]2OP(=O)(SCOC(=O)OC(C)C)OC[C@@H]3C[C@@H](OP(=O)(OCOC(=O)OC(C)C)OC[C@H]2O[C@H]1n1ccc(=O)[nH]c1=O)[C@H](n1cnc2c(N)ncnc21)O3. The summed E-state index contributed by atoms with van der Waals surface area (Å²) in [7, 11) is -3.62. The Labute approximate surface area is 332 Å². The number of hydrogen-bond donors (Lipinski definition) is 2. The maximum absolute atomic E-state index is 14.7. The second-order valence-electron chi connectivity index (χ2n) is 13.1. The molecular formula is C30H41N7O18P2S. The predicted octanol–water partition coefficient (Wildman–Crippen LogP) is 2.98. The molecule has 6 heterocycles. The Hall–Kier alpha value is -3.94. The third kappa shape index (κ3) is 10.4. The molecule has 2 bridgehead atoms. The molecular weight excluding hydrogens is 840 g/mol. The van der Waals surface area contributed by atoms with Crippen LogP contribution in [-0.4, -0.2) is 117 Å². The van der Waals surface area contributed by atoms with E-state index in [1.807, 2.05) is 0 Å². The Morgan fingerprint density at radius 1 is 0.966 bits per heavy atom. The fourth-order valence-electron chi connectivity index (χ4n) is 5.87. The molecule has 58 heavy (non-hydrogen) atoms. The molecule has 0 amide bonds. The van der Waals surface area contributed by atoms with Crippen LogP contribution in [0.25, 0.3) is 11.2 Å². The van der Waals surface area contributed by atoms with Gasteiger partial charge < -0.3 is 38.9 Å². The third-order valence-corrected chi connectivity index (χ3v) is 13.0. The van der Waals surface area contributed by atoms with Crippen molar-refractivity contribution < 1.29 is 74.5 Å². The molecule has 3 aliphatic rings. The van der Waals surface area contributed by atoms with Gasteiger partial charge in [0.05, 0.1) is 37.9 Å². The van der Waals surface area contributed by atoms with Crippen molar-refractivity contribution >= 4 is 55.3 Å². The topological polar surface area (TPSA) is 304 Å². The number of aromatic nitrogens is 6. The minimum atomic E-state index is -4.87. The number of methoxy groups -OCH3 is 1. The van der Waals surface area contributed by atoms with Crippen LogP contribution in [0.15, 0.2) is 34.5 Å². The van der Waals surface area contributed by atoms with Crippen LogP contribution < -0.4 is 17.0 Å². The summed E-state index contributed by atoms with van der Waals surface area (Å²) in [6, 6.07) is 1.05. The molecule has 3 aromatic heterocycles. The highest BCUT2D eigenvalue weighted by molar-refractivity contribution is 8.55. The first-order valence-corrected chi connectivity index (χ1v) is 22.1. The van der Waals surface area contributed by atoms with E-state index in [1.54, 1.807) is 27.7 Å². The quantitative estimate of drug-likeness (QED) is 0.159. The van der Waals surface area contributed by atoms with Crippen LogP contribution in [0.5, 0.6) is 0 Å². The number of imidazole rings is 1. The molecule has 0 aliphatic carbocycles. The molecule has 320 valence electrons. The van der Waals surface area contributed by atoms with Crippen molar-refractivity contribution in [3.63, 3.8) is 0 Å². The van der Waals surface area contributed by atoms with Gasteiger partial charge in [0.15, 0.2) is 29.9 Å². The van der Waals surface area contributed by atoms with Crippen LogP contribution in [0.2, 0.25) is 0 Å². The summed E-state index contributed by atoms with van der Waals surface area (Å²) < 4.78 is 99.1. The minimum Gasteiger partial charge on any atom is -0.432 e. The van der Waals surface area contributed by atoms with E-state index in [9.17, 15) is 28.3 Å². The highest BCUT2D eigenvalue weighted by Gasteiger charge is 2.53. The van der Waals surface area contributed by atoms with Gasteiger partial charge in [-0.25, -0.2) is 43.0 Å². The number of aromatic amines is 1. The number of hydrogen-bond acceptors (Lipinski definition) is 23. The van der Waals surface area contributed by atoms with Crippen molar-refractivity contribution in [2.75, 3.05) is 38.8 Å². The molecule has 0 saturated carbocycles. The lowest BCUT2D eigenvalue weighted by molar-refractivity contribution is -0.0766. The number of ether oxygens (including phenoxy) is 7. The van der Waals surface area contributed by atoms with Gasteiger partial charge in [-0.15, -0.1) is 0 Å². The van der Waals surface area contributed by atoms with E-state index in [4.69, 9.17) is 61.5 Å². The van der Waals surface area contributed by atoms with Crippen LogP contribution in [0.4, 0.5) is 15.4 Å². The lowest BCUT2D eigenvalue weighted by Gasteiger charge is -2.29. The Balaban J connectivity index is 1.36. The molecule has 3 N–H and O–H groups in total. The lowest BCUT2D eigenvalue weighted by atomic mass is 10.1. The highest BCUT2D eigenvalue weighted by atomic mass is 32.7. The van der Waals surface area contributed by atoms with E-state index in [1.165, 1.54) is 24.3 Å². The smallest absolute Gasteiger partial charge is 0.432 e. The van der Waals surface area contributed by atoms with Crippen LogP contribution in [0.1, 0.15) is 46.6 Å². The normalized spacial score (nSPS) is 30.3. The number of phosphoric acid groups is 1. The second-order valence-corrected chi connectivity index (χ2v) is 18.7. The monoisotopic (exact) mass is 881 g/mol. The Morgan fingerprint density at radius 2 is 1.71 bits per heavy atom. The van der Waals surface area contributed by atoms with Crippen LogP contribution in [-0.2, 0) is 64.9 Å². The number of nitrogens with two attached hydrogens (primary N) is 1. The zero-order valence-corrected chi connectivity index (χ0v) is 34.1. The number of phosphoric ester groups is 1. The molecule has 0 spiro atoms. The number of nitrogen functional groups attached to an aromatic ring is 1. The summed E-state index contributed by atoms with van der Waals surface area (Å²) in [5.74, 6) is -0.524. The number of H-pyrrole nitrogens is 1. The second kappa shape index (κ2) is 18.5. The predicted molar refractivity (Wildman–Crippen MR) is 195 cm³/mol. The van der Waals surface area contributed by atoms with Crippen molar-refractivity contribution in [3.8, 4) is 0 Å². The van der Waals surface area contributed by atoms with E-state index < -0.39 is 119 Å². The number of nitrogens with one attached hydrogen (secondary N) is 1. The van der Waals surface area contributed by atoms with Gasteiger partial charge in [-0.3, -0.25) is 37.0 Å². The molecule has 0 radical (unpaired) electrons. The number of carbonyl (C=O) groups excluding carboxylic acids is 2. The maximum atomic E-state index is 14.7. The van der Waals surface area contributed by atoms with Gasteiger partial charge in [0, 0.05) is 37.2 Å². The third-order valence-electron chi connectivity index (χ3n) is 8.26.